The predicted molar refractivity (Wildman–Crippen MR) is 154 cm³/mol. The van der Waals surface area contributed by atoms with Gasteiger partial charge in [0.25, 0.3) is 5.91 Å². The predicted octanol–water partition coefficient (Wildman–Crippen LogP) is 5.92. The number of furan rings is 1. The van der Waals surface area contributed by atoms with E-state index in [0.29, 0.717) is 24.2 Å². The molecule has 4 aromatic rings. The number of nitrogens with zero attached hydrogens (tertiary/aromatic N) is 2. The Morgan fingerprint density at radius 1 is 1.07 bits per heavy atom. The number of ether oxygens (including phenoxy) is 1. The summed E-state index contributed by atoms with van der Waals surface area (Å²) in [4.78, 5) is 19.4. The lowest BCUT2D eigenvalue weighted by Crippen LogP contribution is -2.50. The van der Waals surface area contributed by atoms with E-state index in [-0.39, 0.29) is 31.8 Å². The van der Waals surface area contributed by atoms with Gasteiger partial charge >= 0.3 is 0 Å². The smallest absolute Gasteiger partial charge is 0.254 e. The van der Waals surface area contributed by atoms with Crippen molar-refractivity contribution in [3.05, 3.63) is 125 Å². The molecule has 1 aliphatic heterocycles. The zero-order valence-corrected chi connectivity index (χ0v) is 22.3. The summed E-state index contributed by atoms with van der Waals surface area (Å²) < 4.78 is 11.7. The molecule has 1 saturated heterocycles. The molecule has 2 unspecified atom stereocenters. The van der Waals surface area contributed by atoms with Gasteiger partial charge in [-0.05, 0) is 65.8 Å². The Balaban J connectivity index is 1.41. The Hall–Kier alpha value is -4.22. The van der Waals surface area contributed by atoms with Crippen molar-refractivity contribution in [2.24, 2.45) is 5.73 Å². The summed E-state index contributed by atoms with van der Waals surface area (Å²) in [5, 5.41) is 10.0. The molecule has 1 fully saturated rings. The molecule has 0 radical (unpaired) electrons. The van der Waals surface area contributed by atoms with Gasteiger partial charge in [-0.25, -0.2) is 4.85 Å². The summed E-state index contributed by atoms with van der Waals surface area (Å²) in [6, 6.07) is 26.4. The maximum absolute atomic E-state index is 13.9. The van der Waals surface area contributed by atoms with Crippen molar-refractivity contribution < 1.29 is 19.1 Å². The number of likely N-dealkylation sites (tertiary alicyclic amines) is 1. The largest absolute Gasteiger partial charge is 0.467 e. The lowest BCUT2D eigenvalue weighted by molar-refractivity contribution is 0.0457. The molecule has 3 aromatic carbocycles. The van der Waals surface area contributed by atoms with E-state index in [1.165, 1.54) is 0 Å². The fraction of sp³-hybridized carbons (Fsp3) is 0.273. The highest BCUT2D eigenvalue weighted by atomic mass is 16.5. The molecule has 1 aliphatic rings. The van der Waals surface area contributed by atoms with Crippen LogP contribution in [0.1, 0.15) is 46.1 Å². The number of rotatable bonds is 10. The summed E-state index contributed by atoms with van der Waals surface area (Å²) >= 11 is 0. The zero-order chi connectivity index (χ0) is 28.0. The molecule has 0 saturated carbocycles. The van der Waals surface area contributed by atoms with Gasteiger partial charge in [0.2, 0.25) is 0 Å². The van der Waals surface area contributed by atoms with Gasteiger partial charge in [-0.2, -0.15) is 0 Å². The molecule has 3 N–H and O–H groups in total. The Labute approximate surface area is 234 Å². The van der Waals surface area contributed by atoms with Crippen molar-refractivity contribution in [3.8, 4) is 11.1 Å². The third-order valence-electron chi connectivity index (χ3n) is 7.33. The number of benzene rings is 3. The number of aliphatic hydroxyl groups is 1. The van der Waals surface area contributed by atoms with Crippen LogP contribution in [0.25, 0.3) is 16.0 Å². The van der Waals surface area contributed by atoms with E-state index in [2.05, 4.69) is 4.85 Å². The maximum Gasteiger partial charge on any atom is 0.254 e. The van der Waals surface area contributed by atoms with Crippen molar-refractivity contribution in [2.45, 2.75) is 37.5 Å². The van der Waals surface area contributed by atoms with Crippen molar-refractivity contribution in [2.75, 3.05) is 19.8 Å². The standard InChI is InChI=1S/C33H33N3O4/c1-35-29-12-6-5-11-28(29)26-17-25(21-39-23-33(34,22-37)20-24-9-3-2-4-10-24)18-27(19-26)32(38)36-15-7-13-30(36)31-14-8-16-40-31/h2-6,8-12,14,16-19,30,37H,7,13,15,20-23,34H2. The topological polar surface area (TPSA) is 93.3 Å². The Kier molecular flexibility index (Phi) is 8.42. The lowest BCUT2D eigenvalue weighted by Gasteiger charge is -2.27. The van der Waals surface area contributed by atoms with Crippen molar-refractivity contribution in [1.82, 2.24) is 4.90 Å². The van der Waals surface area contributed by atoms with Gasteiger partial charge in [-0.1, -0.05) is 60.7 Å². The van der Waals surface area contributed by atoms with Crippen LogP contribution in [0.15, 0.2) is 95.6 Å². The second-order valence-corrected chi connectivity index (χ2v) is 10.4. The number of carbonyl (C=O) groups excluding carboxylic acids is 1. The summed E-state index contributed by atoms with van der Waals surface area (Å²) in [5.74, 6) is 0.695. The van der Waals surface area contributed by atoms with E-state index in [9.17, 15) is 9.90 Å². The van der Waals surface area contributed by atoms with Crippen molar-refractivity contribution in [1.29, 1.82) is 0 Å². The van der Waals surface area contributed by atoms with Crippen LogP contribution in [-0.2, 0) is 17.8 Å². The molecule has 2 heterocycles. The van der Waals surface area contributed by atoms with Crippen LogP contribution in [-0.4, -0.2) is 41.2 Å². The van der Waals surface area contributed by atoms with Crippen LogP contribution in [0.3, 0.4) is 0 Å². The Morgan fingerprint density at radius 2 is 1.88 bits per heavy atom. The molecule has 0 aliphatic carbocycles. The van der Waals surface area contributed by atoms with E-state index < -0.39 is 5.54 Å². The molecular weight excluding hydrogens is 502 g/mol. The first kappa shape index (κ1) is 27.4. The first-order chi connectivity index (χ1) is 19.5. The quantitative estimate of drug-likeness (QED) is 0.246. The van der Waals surface area contributed by atoms with Crippen LogP contribution in [0.2, 0.25) is 0 Å². The number of nitrogens with two attached hydrogens (primary N) is 1. The number of hydrogen-bond acceptors (Lipinski definition) is 5. The van der Waals surface area contributed by atoms with Crippen LogP contribution >= 0.6 is 0 Å². The van der Waals surface area contributed by atoms with Crippen LogP contribution in [0.4, 0.5) is 5.69 Å². The van der Waals surface area contributed by atoms with E-state index in [0.717, 1.165) is 40.9 Å². The average molecular weight is 536 g/mol. The molecule has 7 nitrogen and oxygen atoms in total. The van der Waals surface area contributed by atoms with Gasteiger partial charge in [0.05, 0.1) is 44.2 Å². The van der Waals surface area contributed by atoms with Crippen molar-refractivity contribution >= 4 is 11.6 Å². The normalized spacial score (nSPS) is 16.4. The van der Waals surface area contributed by atoms with E-state index in [1.807, 2.05) is 83.8 Å². The molecular formula is C33H33N3O4. The summed E-state index contributed by atoms with van der Waals surface area (Å²) in [6.07, 6.45) is 3.84. The number of amides is 1. The van der Waals surface area contributed by atoms with Gasteiger partial charge in [0, 0.05) is 12.1 Å². The third kappa shape index (κ3) is 6.16. The van der Waals surface area contributed by atoms with Gasteiger partial charge in [0.1, 0.15) is 5.76 Å². The Morgan fingerprint density at radius 3 is 2.62 bits per heavy atom. The maximum atomic E-state index is 13.9. The molecule has 40 heavy (non-hydrogen) atoms. The third-order valence-corrected chi connectivity index (χ3v) is 7.33. The number of hydrogen-bond donors (Lipinski definition) is 2. The van der Waals surface area contributed by atoms with E-state index in [4.69, 9.17) is 21.5 Å². The number of carbonyl (C=O) groups is 1. The molecule has 0 bridgehead atoms. The van der Waals surface area contributed by atoms with Crippen LogP contribution < -0.4 is 5.73 Å². The van der Waals surface area contributed by atoms with Gasteiger partial charge < -0.3 is 24.9 Å². The minimum atomic E-state index is -0.944. The fourth-order valence-electron chi connectivity index (χ4n) is 5.35. The molecule has 1 amide bonds. The molecule has 7 heteroatoms. The summed E-state index contributed by atoms with van der Waals surface area (Å²) in [5.41, 5.74) is 9.92. The number of para-hydroxylation sites is 1. The zero-order valence-electron chi connectivity index (χ0n) is 22.3. The van der Waals surface area contributed by atoms with E-state index >= 15 is 0 Å². The molecule has 0 spiro atoms. The van der Waals surface area contributed by atoms with Crippen LogP contribution in [0.5, 0.6) is 0 Å². The van der Waals surface area contributed by atoms with Gasteiger partial charge in [-0.15, -0.1) is 0 Å². The van der Waals surface area contributed by atoms with Crippen LogP contribution in [0, 0.1) is 6.57 Å². The summed E-state index contributed by atoms with van der Waals surface area (Å²) in [6.45, 7) is 8.39. The SMILES string of the molecule is [C-]#[N+]c1ccccc1-c1cc(COCC(N)(CO)Cc2ccccc2)cc(C(=O)N2CCCC2c2ccco2)c1. The summed E-state index contributed by atoms with van der Waals surface area (Å²) in [7, 11) is 0. The highest BCUT2D eigenvalue weighted by molar-refractivity contribution is 5.97. The highest BCUT2D eigenvalue weighted by Crippen LogP contribution is 2.36. The highest BCUT2D eigenvalue weighted by Gasteiger charge is 2.33. The molecule has 5 rings (SSSR count). The monoisotopic (exact) mass is 535 g/mol. The van der Waals surface area contributed by atoms with Crippen molar-refractivity contribution in [3.63, 3.8) is 0 Å². The average Bonchev–Trinajstić information content (AvgIpc) is 3.70. The molecule has 204 valence electrons. The first-order valence-corrected chi connectivity index (χ1v) is 13.5. The lowest BCUT2D eigenvalue weighted by atomic mass is 9.93. The molecule has 1 aromatic heterocycles. The minimum Gasteiger partial charge on any atom is -0.467 e. The van der Waals surface area contributed by atoms with Gasteiger partial charge in [-0.3, -0.25) is 4.79 Å². The first-order valence-electron chi connectivity index (χ1n) is 13.5. The Bertz CT molecular complexity index is 1480. The molecule has 2 atom stereocenters. The minimum absolute atomic E-state index is 0.0881. The second kappa shape index (κ2) is 12.3. The van der Waals surface area contributed by atoms with E-state index in [1.54, 1.807) is 12.3 Å². The fourth-order valence-corrected chi connectivity index (χ4v) is 5.35. The second-order valence-electron chi connectivity index (χ2n) is 10.4. The number of aliphatic hydroxyl groups excluding tert-OH is 1. The van der Waals surface area contributed by atoms with Gasteiger partial charge in [0.15, 0.2) is 5.69 Å².